The van der Waals surface area contributed by atoms with Crippen LogP contribution in [0.25, 0.3) is 0 Å². The number of carbonyl (C=O) groups excluding carboxylic acids is 1. The lowest BCUT2D eigenvalue weighted by molar-refractivity contribution is 0.0555. The molecule has 1 aromatic heterocycles. The lowest BCUT2D eigenvalue weighted by Gasteiger charge is -2.32. The average Bonchev–Trinajstić information content (AvgIpc) is 3.01. The van der Waals surface area contributed by atoms with E-state index in [1.165, 1.54) is 5.56 Å². The Morgan fingerprint density at radius 3 is 2.56 bits per heavy atom. The van der Waals surface area contributed by atoms with Gasteiger partial charge >= 0.3 is 17.6 Å². The van der Waals surface area contributed by atoms with Crippen molar-refractivity contribution in [1.82, 2.24) is 15.1 Å². The lowest BCUT2D eigenvalue weighted by atomic mass is 9.86. The first-order chi connectivity index (χ1) is 11.8. The summed E-state index contributed by atoms with van der Waals surface area (Å²) >= 11 is 0. The molecular weight excluding hydrogens is 322 g/mol. The van der Waals surface area contributed by atoms with Gasteiger partial charge in [-0.1, -0.05) is 39.0 Å². The van der Waals surface area contributed by atoms with Crippen LogP contribution >= 0.6 is 0 Å². The van der Waals surface area contributed by atoms with Crippen molar-refractivity contribution in [2.45, 2.75) is 45.1 Å². The summed E-state index contributed by atoms with van der Waals surface area (Å²) in [6.45, 7) is 7.56. The number of aromatic amines is 1. The number of nitrogens with one attached hydrogen (secondary N) is 1. The number of nitrogens with zero attached hydrogens (tertiary/aromatic N) is 2. The number of rotatable bonds is 3. The molecule has 1 aliphatic rings. The minimum absolute atomic E-state index is 0.00472. The van der Waals surface area contributed by atoms with Crippen molar-refractivity contribution >= 4 is 5.91 Å². The number of hydrogen-bond donors (Lipinski definition) is 1. The summed E-state index contributed by atoms with van der Waals surface area (Å²) in [5.41, 5.74) is 1.18. The van der Waals surface area contributed by atoms with Crippen LogP contribution in [0.15, 0.2) is 33.5 Å². The number of carbonyl (C=O) groups is 1. The largest absolute Gasteiger partial charge is 0.490 e. The van der Waals surface area contributed by atoms with E-state index in [4.69, 9.17) is 9.15 Å². The Hall–Kier alpha value is -2.57. The zero-order chi connectivity index (χ0) is 18.0. The summed E-state index contributed by atoms with van der Waals surface area (Å²) in [7, 11) is 0. The number of benzene rings is 1. The van der Waals surface area contributed by atoms with Crippen LogP contribution in [0, 0.1) is 0 Å². The minimum atomic E-state index is -0.722. The smallest absolute Gasteiger partial charge is 0.434 e. The Morgan fingerprint density at radius 1 is 1.28 bits per heavy atom. The topological polar surface area (TPSA) is 88.4 Å². The van der Waals surface area contributed by atoms with Crippen LogP contribution in [0.3, 0.4) is 0 Å². The van der Waals surface area contributed by atoms with Crippen LogP contribution in [-0.4, -0.2) is 40.2 Å². The number of aromatic nitrogens is 2. The first kappa shape index (κ1) is 17.3. The van der Waals surface area contributed by atoms with Crippen molar-refractivity contribution in [1.29, 1.82) is 0 Å². The predicted molar refractivity (Wildman–Crippen MR) is 91.8 cm³/mol. The number of H-pyrrole nitrogens is 1. The van der Waals surface area contributed by atoms with Crippen molar-refractivity contribution in [2.75, 3.05) is 13.1 Å². The molecule has 0 spiro atoms. The van der Waals surface area contributed by atoms with Crippen molar-refractivity contribution in [3.63, 3.8) is 0 Å². The summed E-state index contributed by atoms with van der Waals surface area (Å²) in [4.78, 5) is 24.8. The van der Waals surface area contributed by atoms with E-state index in [9.17, 15) is 9.59 Å². The van der Waals surface area contributed by atoms with Gasteiger partial charge in [0.05, 0.1) is 0 Å². The number of ether oxygens (including phenoxy) is 1. The van der Waals surface area contributed by atoms with Crippen LogP contribution in [0.4, 0.5) is 0 Å². The van der Waals surface area contributed by atoms with Gasteiger partial charge in [-0.25, -0.2) is 9.89 Å². The Morgan fingerprint density at radius 2 is 1.96 bits per heavy atom. The number of piperidine rings is 1. The molecule has 1 aliphatic heterocycles. The quantitative estimate of drug-likeness (QED) is 0.922. The fourth-order valence-corrected chi connectivity index (χ4v) is 3.00. The Labute approximate surface area is 146 Å². The van der Waals surface area contributed by atoms with Crippen LogP contribution in [0.1, 0.15) is 49.9 Å². The second-order valence-corrected chi connectivity index (χ2v) is 7.27. The van der Waals surface area contributed by atoms with Gasteiger partial charge in [0.15, 0.2) is 0 Å². The van der Waals surface area contributed by atoms with Gasteiger partial charge in [0.1, 0.15) is 11.9 Å². The third kappa shape index (κ3) is 3.92. The molecule has 0 saturated carbocycles. The standard InChI is InChI=1S/C18H23N3O4/c1-18(2,3)13-6-4-5-7-14(13)24-12-8-10-21(11-9-12)16(22)15-19-20-17(23)25-15/h4-7,12H,8-11H2,1-3H3,(H,20,23). The molecule has 1 amide bonds. The summed E-state index contributed by atoms with van der Waals surface area (Å²) in [6, 6.07) is 8.08. The van der Waals surface area contributed by atoms with Crippen LogP contribution in [0.5, 0.6) is 5.75 Å². The van der Waals surface area contributed by atoms with E-state index < -0.39 is 5.76 Å². The molecule has 1 aromatic carbocycles. The molecule has 1 fully saturated rings. The van der Waals surface area contributed by atoms with E-state index in [2.05, 4.69) is 37.0 Å². The molecule has 7 heteroatoms. The maximum absolute atomic E-state index is 12.2. The molecule has 1 N–H and O–H groups in total. The molecule has 7 nitrogen and oxygen atoms in total. The van der Waals surface area contributed by atoms with Gasteiger partial charge in [0.2, 0.25) is 0 Å². The van der Waals surface area contributed by atoms with Gasteiger partial charge in [-0.15, -0.1) is 5.10 Å². The minimum Gasteiger partial charge on any atom is -0.490 e. The molecule has 3 rings (SSSR count). The van der Waals surface area contributed by atoms with E-state index >= 15 is 0 Å². The highest BCUT2D eigenvalue weighted by atomic mass is 16.5. The highest BCUT2D eigenvalue weighted by Gasteiger charge is 2.28. The molecule has 25 heavy (non-hydrogen) atoms. The van der Waals surface area contributed by atoms with Crippen LogP contribution < -0.4 is 10.5 Å². The van der Waals surface area contributed by atoms with Gasteiger partial charge in [-0.05, 0) is 17.0 Å². The van der Waals surface area contributed by atoms with Gasteiger partial charge in [0, 0.05) is 25.9 Å². The molecule has 1 saturated heterocycles. The van der Waals surface area contributed by atoms with Crippen LogP contribution in [0.2, 0.25) is 0 Å². The second kappa shape index (κ2) is 6.74. The summed E-state index contributed by atoms with van der Waals surface area (Å²) in [6.07, 6.45) is 1.50. The predicted octanol–water partition coefficient (Wildman–Crippen LogP) is 2.34. The van der Waals surface area contributed by atoms with E-state index in [0.717, 1.165) is 18.6 Å². The second-order valence-electron chi connectivity index (χ2n) is 7.27. The monoisotopic (exact) mass is 345 g/mol. The zero-order valence-electron chi connectivity index (χ0n) is 14.7. The zero-order valence-corrected chi connectivity index (χ0v) is 14.7. The number of para-hydroxylation sites is 1. The molecule has 0 radical (unpaired) electrons. The van der Waals surface area contributed by atoms with Gasteiger partial charge in [0.25, 0.3) is 0 Å². The number of likely N-dealkylation sites (tertiary alicyclic amines) is 1. The Balaban J connectivity index is 1.62. The van der Waals surface area contributed by atoms with E-state index in [0.29, 0.717) is 13.1 Å². The first-order valence-corrected chi connectivity index (χ1v) is 8.45. The number of amides is 1. The van der Waals surface area contributed by atoms with Gasteiger partial charge in [-0.3, -0.25) is 4.79 Å². The van der Waals surface area contributed by atoms with Gasteiger partial charge in [-0.2, -0.15) is 0 Å². The summed E-state index contributed by atoms with van der Waals surface area (Å²) in [5.74, 6) is -0.382. The molecule has 2 aromatic rings. The highest BCUT2D eigenvalue weighted by molar-refractivity contribution is 5.89. The number of hydrogen-bond acceptors (Lipinski definition) is 5. The molecule has 0 bridgehead atoms. The highest BCUT2D eigenvalue weighted by Crippen LogP contribution is 2.32. The third-order valence-corrected chi connectivity index (χ3v) is 4.34. The van der Waals surface area contributed by atoms with Crippen LogP contribution in [-0.2, 0) is 5.41 Å². The molecule has 0 aliphatic carbocycles. The molecule has 2 heterocycles. The van der Waals surface area contributed by atoms with Gasteiger partial charge < -0.3 is 14.1 Å². The van der Waals surface area contributed by atoms with E-state index in [-0.39, 0.29) is 23.3 Å². The average molecular weight is 345 g/mol. The van der Waals surface area contributed by atoms with Crippen molar-refractivity contribution in [2.24, 2.45) is 0 Å². The molecule has 0 unspecified atom stereocenters. The maximum Gasteiger partial charge on any atom is 0.434 e. The van der Waals surface area contributed by atoms with E-state index in [1.807, 2.05) is 18.2 Å². The lowest BCUT2D eigenvalue weighted by Crippen LogP contribution is -2.42. The first-order valence-electron chi connectivity index (χ1n) is 8.45. The van der Waals surface area contributed by atoms with Crippen molar-refractivity contribution < 1.29 is 13.9 Å². The fourth-order valence-electron chi connectivity index (χ4n) is 3.00. The fraction of sp³-hybridized carbons (Fsp3) is 0.500. The third-order valence-electron chi connectivity index (χ3n) is 4.34. The molecular formula is C18H23N3O4. The maximum atomic E-state index is 12.2. The molecule has 134 valence electrons. The summed E-state index contributed by atoms with van der Waals surface area (Å²) in [5, 5.41) is 5.70. The molecule has 0 atom stereocenters. The van der Waals surface area contributed by atoms with Crippen molar-refractivity contribution in [3.8, 4) is 5.75 Å². The Kier molecular flexibility index (Phi) is 4.65. The van der Waals surface area contributed by atoms with E-state index in [1.54, 1.807) is 4.90 Å². The Bertz CT molecular complexity index is 795. The summed E-state index contributed by atoms with van der Waals surface area (Å²) < 4.78 is 10.9. The van der Waals surface area contributed by atoms with Crippen molar-refractivity contribution in [3.05, 3.63) is 46.3 Å². The normalized spacial score (nSPS) is 16.0. The SMILES string of the molecule is CC(C)(C)c1ccccc1OC1CCN(C(=O)c2n[nH]c(=O)o2)CC1.